The molecule has 0 rings (SSSR count). The van der Waals surface area contributed by atoms with Crippen LogP contribution in [0.25, 0.3) is 0 Å². The summed E-state index contributed by atoms with van der Waals surface area (Å²) in [5.41, 5.74) is 0. The minimum atomic E-state index is -4.95. The van der Waals surface area contributed by atoms with Gasteiger partial charge >= 0.3 is 39.5 Å². The van der Waals surface area contributed by atoms with E-state index in [1.807, 2.05) is 0 Å². The molecule has 0 aromatic heterocycles. The predicted molar refractivity (Wildman–Crippen MR) is 358 cm³/mol. The second-order valence-corrected chi connectivity index (χ2v) is 28.7. The lowest BCUT2D eigenvalue weighted by Gasteiger charge is -2.21. The molecule has 0 amide bonds. The van der Waals surface area contributed by atoms with Crippen LogP contribution in [0.3, 0.4) is 0 Å². The average molecular weight is 1310 g/mol. The third kappa shape index (κ3) is 64.6. The van der Waals surface area contributed by atoms with E-state index in [1.54, 1.807) is 0 Å². The first-order chi connectivity index (χ1) is 43.0. The molecule has 528 valence electrons. The van der Waals surface area contributed by atoms with Crippen molar-refractivity contribution in [3.63, 3.8) is 0 Å². The van der Waals surface area contributed by atoms with Crippen LogP contribution in [0.5, 0.6) is 0 Å². The molecule has 2 unspecified atom stereocenters. The fraction of sp³-hybridized carbons (Fsp3) is 0.943. The van der Waals surface area contributed by atoms with Gasteiger partial charge < -0.3 is 33.8 Å². The molecular weight excluding hydrogens is 1170 g/mol. The Balaban J connectivity index is 5.12. The Labute approximate surface area is 543 Å². The summed E-state index contributed by atoms with van der Waals surface area (Å²) in [5.74, 6) is -1.31. The van der Waals surface area contributed by atoms with Crippen molar-refractivity contribution in [1.29, 1.82) is 0 Å². The fourth-order valence-corrected chi connectivity index (χ4v) is 12.2. The van der Waals surface area contributed by atoms with Gasteiger partial charge in [-0.05, 0) is 31.6 Å². The van der Waals surface area contributed by atoms with Gasteiger partial charge in [0.25, 0.3) is 0 Å². The summed E-state index contributed by atoms with van der Waals surface area (Å²) in [7, 11) is -9.89. The Hall–Kier alpha value is -1.94. The quantitative estimate of drug-likeness (QED) is 0.0222. The number of aliphatic hydroxyl groups excluding tert-OH is 1. The third-order valence-corrected chi connectivity index (χ3v) is 18.2. The Morgan fingerprint density at radius 3 is 0.764 bits per heavy atom. The van der Waals surface area contributed by atoms with Gasteiger partial charge in [-0.25, -0.2) is 9.13 Å². The molecule has 0 spiro atoms. The summed E-state index contributed by atoms with van der Waals surface area (Å²) in [5, 5.41) is 10.6. The molecule has 5 atom stereocenters. The standard InChI is InChI=1S/C70H136O17P2/c1-6-9-12-15-18-21-22-32-35-40-44-49-54-68(73)81-60-66(87-70(75)56-51-46-41-36-33-30-28-26-24-23-25-27-29-31-34-37-42-47-52-63(4)5)62-85-89(78,79)83-58-64(71)57-82-88(76,77)84-61-65(86-69(74)55-50-45-39-20-17-14-11-8-3)59-80-67(72)53-48-43-38-19-16-13-10-7-2/h63-66,71H,6-62H2,1-5H3,(H,76,77)(H,78,79)/t64-,65+,66+/m0/s1. The molecule has 0 fully saturated rings. The highest BCUT2D eigenvalue weighted by atomic mass is 31.2. The van der Waals surface area contributed by atoms with Crippen molar-refractivity contribution in [2.45, 2.75) is 380 Å². The van der Waals surface area contributed by atoms with E-state index in [9.17, 15) is 43.2 Å². The summed E-state index contributed by atoms with van der Waals surface area (Å²) in [6.07, 6.45) is 50.2. The Bertz CT molecular complexity index is 1720. The molecule has 0 aliphatic carbocycles. The molecule has 0 saturated heterocycles. The molecule has 0 radical (unpaired) electrons. The highest BCUT2D eigenvalue weighted by Crippen LogP contribution is 2.45. The van der Waals surface area contributed by atoms with Crippen LogP contribution in [-0.2, 0) is 65.4 Å². The van der Waals surface area contributed by atoms with Crippen LogP contribution in [0, 0.1) is 5.92 Å². The number of hydrogen-bond donors (Lipinski definition) is 3. The van der Waals surface area contributed by atoms with E-state index in [1.165, 1.54) is 173 Å². The zero-order valence-electron chi connectivity index (χ0n) is 57.6. The van der Waals surface area contributed by atoms with Gasteiger partial charge in [-0.2, -0.15) is 0 Å². The zero-order chi connectivity index (χ0) is 65.6. The number of phosphoric acid groups is 2. The molecular formula is C70H136O17P2. The molecule has 0 heterocycles. The van der Waals surface area contributed by atoms with Crippen molar-refractivity contribution >= 4 is 39.5 Å². The Kier molecular flexibility index (Phi) is 62.1. The molecule has 19 heteroatoms. The maximum Gasteiger partial charge on any atom is 0.472 e. The van der Waals surface area contributed by atoms with E-state index in [4.69, 9.17) is 37.0 Å². The van der Waals surface area contributed by atoms with Crippen molar-refractivity contribution in [3.8, 4) is 0 Å². The Morgan fingerprint density at radius 1 is 0.303 bits per heavy atom. The van der Waals surface area contributed by atoms with Crippen LogP contribution in [0.4, 0.5) is 0 Å². The molecule has 0 aromatic carbocycles. The van der Waals surface area contributed by atoms with Gasteiger partial charge in [0.1, 0.15) is 19.3 Å². The first-order valence-corrected chi connectivity index (χ1v) is 39.6. The van der Waals surface area contributed by atoms with E-state index < -0.39 is 97.5 Å². The van der Waals surface area contributed by atoms with Crippen molar-refractivity contribution < 1.29 is 80.2 Å². The number of phosphoric ester groups is 2. The molecule has 0 bridgehead atoms. The molecule has 89 heavy (non-hydrogen) atoms. The summed E-state index contributed by atoms with van der Waals surface area (Å²) >= 11 is 0. The molecule has 3 N–H and O–H groups in total. The highest BCUT2D eigenvalue weighted by molar-refractivity contribution is 7.47. The first kappa shape index (κ1) is 87.1. The first-order valence-electron chi connectivity index (χ1n) is 36.6. The van der Waals surface area contributed by atoms with E-state index in [0.29, 0.717) is 25.7 Å². The normalized spacial score (nSPS) is 14.1. The monoisotopic (exact) mass is 1310 g/mol. The zero-order valence-corrected chi connectivity index (χ0v) is 59.4. The van der Waals surface area contributed by atoms with E-state index >= 15 is 0 Å². The van der Waals surface area contributed by atoms with Gasteiger partial charge in [0.15, 0.2) is 12.2 Å². The van der Waals surface area contributed by atoms with Crippen molar-refractivity contribution in [1.82, 2.24) is 0 Å². The maximum absolute atomic E-state index is 13.0. The van der Waals surface area contributed by atoms with Crippen LogP contribution >= 0.6 is 15.6 Å². The maximum atomic E-state index is 13.0. The molecule has 0 aliphatic heterocycles. The van der Waals surface area contributed by atoms with Gasteiger partial charge in [0.2, 0.25) is 0 Å². The topological polar surface area (TPSA) is 237 Å². The summed E-state index contributed by atoms with van der Waals surface area (Å²) in [4.78, 5) is 72.3. The highest BCUT2D eigenvalue weighted by Gasteiger charge is 2.30. The van der Waals surface area contributed by atoms with Gasteiger partial charge in [-0.15, -0.1) is 0 Å². The summed E-state index contributed by atoms with van der Waals surface area (Å²) in [6.45, 7) is 7.22. The number of carbonyl (C=O) groups is 4. The van der Waals surface area contributed by atoms with Gasteiger partial charge in [-0.3, -0.25) is 37.3 Å². The number of rotatable bonds is 70. The van der Waals surface area contributed by atoms with Crippen LogP contribution in [0.1, 0.15) is 362 Å². The smallest absolute Gasteiger partial charge is 0.462 e. The Morgan fingerprint density at radius 2 is 0.517 bits per heavy atom. The number of carbonyl (C=O) groups excluding carboxylic acids is 4. The van der Waals surface area contributed by atoms with E-state index in [2.05, 4.69) is 34.6 Å². The molecule has 17 nitrogen and oxygen atoms in total. The minimum absolute atomic E-state index is 0.105. The van der Waals surface area contributed by atoms with Crippen molar-refractivity contribution in [2.75, 3.05) is 39.6 Å². The predicted octanol–water partition coefficient (Wildman–Crippen LogP) is 20.1. The fourth-order valence-electron chi connectivity index (χ4n) is 10.6. The lowest BCUT2D eigenvalue weighted by Crippen LogP contribution is -2.30. The number of unbranched alkanes of at least 4 members (excludes halogenated alkanes) is 42. The van der Waals surface area contributed by atoms with Crippen molar-refractivity contribution in [2.24, 2.45) is 5.92 Å². The van der Waals surface area contributed by atoms with Crippen LogP contribution in [-0.4, -0.2) is 96.7 Å². The molecule has 0 saturated carbocycles. The SMILES string of the molecule is CCCCCCCCCCCCCCC(=O)OC[C@H](COP(=O)(O)OC[C@@H](O)COP(=O)(O)OC[C@@H](COC(=O)CCCCCCCCCC)OC(=O)CCCCCCCCCC)OC(=O)CCCCCCCCCCCCCCCCCCCCC(C)C. The van der Waals surface area contributed by atoms with Crippen LogP contribution in [0.2, 0.25) is 0 Å². The number of esters is 4. The van der Waals surface area contributed by atoms with Gasteiger partial charge in [0.05, 0.1) is 26.4 Å². The lowest BCUT2D eigenvalue weighted by molar-refractivity contribution is -0.161. The number of ether oxygens (including phenoxy) is 4. The number of hydrogen-bond acceptors (Lipinski definition) is 15. The molecule has 0 aliphatic rings. The second kappa shape index (κ2) is 63.5. The van der Waals surface area contributed by atoms with Crippen LogP contribution in [0.15, 0.2) is 0 Å². The van der Waals surface area contributed by atoms with Gasteiger partial charge in [-0.1, -0.05) is 311 Å². The molecule has 0 aromatic rings. The van der Waals surface area contributed by atoms with E-state index in [-0.39, 0.29) is 25.7 Å². The third-order valence-electron chi connectivity index (χ3n) is 16.3. The number of aliphatic hydroxyl groups is 1. The summed E-state index contributed by atoms with van der Waals surface area (Å²) < 4.78 is 68.1. The minimum Gasteiger partial charge on any atom is -0.462 e. The lowest BCUT2D eigenvalue weighted by atomic mass is 10.0. The largest absolute Gasteiger partial charge is 0.472 e. The average Bonchev–Trinajstić information content (AvgIpc) is 3.72. The summed E-state index contributed by atoms with van der Waals surface area (Å²) in [6, 6.07) is 0. The van der Waals surface area contributed by atoms with Gasteiger partial charge in [0, 0.05) is 25.7 Å². The second-order valence-electron chi connectivity index (χ2n) is 25.7. The van der Waals surface area contributed by atoms with Crippen LogP contribution < -0.4 is 0 Å². The van der Waals surface area contributed by atoms with Crippen molar-refractivity contribution in [3.05, 3.63) is 0 Å². The van der Waals surface area contributed by atoms with E-state index in [0.717, 1.165) is 109 Å².